The molecule has 1 aliphatic carbocycles. The van der Waals surface area contributed by atoms with Crippen LogP contribution in [0.25, 0.3) is 11.5 Å². The Morgan fingerprint density at radius 3 is 2.61 bits per heavy atom. The maximum Gasteiger partial charge on any atom is 0.226 e. The van der Waals surface area contributed by atoms with E-state index in [4.69, 9.17) is 9.40 Å². The molecule has 1 aliphatic heterocycles. The molecule has 0 saturated carbocycles. The zero-order valence-corrected chi connectivity index (χ0v) is 21.0. The van der Waals surface area contributed by atoms with Crippen LogP contribution in [0.5, 0.6) is 0 Å². The molecule has 2 aromatic rings. The lowest BCUT2D eigenvalue weighted by Crippen LogP contribution is -2.34. The van der Waals surface area contributed by atoms with Crippen LogP contribution in [0, 0.1) is 6.92 Å². The van der Waals surface area contributed by atoms with E-state index in [1.54, 1.807) is 0 Å². The molecule has 0 bridgehead atoms. The molecule has 180 valence electrons. The minimum atomic E-state index is -0.655. The van der Waals surface area contributed by atoms with Crippen molar-refractivity contribution >= 4 is 11.8 Å². The molecule has 2 unspecified atom stereocenters. The summed E-state index contributed by atoms with van der Waals surface area (Å²) in [5.74, 6) is 2.46. The molecule has 2 aliphatic rings. The number of aryl methyl sites for hydroxylation is 1. The third kappa shape index (κ3) is 7.19. The fourth-order valence-electron chi connectivity index (χ4n) is 4.62. The summed E-state index contributed by atoms with van der Waals surface area (Å²) in [6.45, 7) is 8.37. The molecule has 1 aromatic heterocycles. The number of aliphatic hydroxyl groups is 1. The molecule has 0 spiro atoms. The number of allylic oxidation sites excluding steroid dienone is 2. The van der Waals surface area contributed by atoms with E-state index >= 15 is 0 Å². The van der Waals surface area contributed by atoms with Gasteiger partial charge in [-0.1, -0.05) is 36.6 Å². The molecule has 2 heterocycles. The standard InChI is InChI=1S/C27H39N3O2S/c1-20-7-13-24(14-8-20)33-19-25-21(2)32-27(29-25)23-11-9-22(10-12-23)26(31)28-15-18-30-16-5-3-4-6-17-30/h7,9-12,24,26,28,31H,3-6,8,13-19H2,1-2H3. The molecule has 4 rings (SSSR count). The molecule has 0 amide bonds. The van der Waals surface area contributed by atoms with Gasteiger partial charge in [0.05, 0.1) is 5.69 Å². The monoisotopic (exact) mass is 469 g/mol. The summed E-state index contributed by atoms with van der Waals surface area (Å²) in [4.78, 5) is 7.28. The number of nitrogens with zero attached hydrogens (tertiary/aromatic N) is 2. The number of aromatic nitrogens is 1. The summed E-state index contributed by atoms with van der Waals surface area (Å²) in [6, 6.07) is 7.91. The third-order valence-electron chi connectivity index (χ3n) is 6.88. The first-order valence-corrected chi connectivity index (χ1v) is 13.6. The number of hydrogen-bond donors (Lipinski definition) is 2. The smallest absolute Gasteiger partial charge is 0.226 e. The van der Waals surface area contributed by atoms with Crippen LogP contribution in [0.2, 0.25) is 0 Å². The van der Waals surface area contributed by atoms with Gasteiger partial charge in [-0.3, -0.25) is 5.32 Å². The molecule has 1 fully saturated rings. The molecule has 0 radical (unpaired) electrons. The Hall–Kier alpha value is -1.60. The van der Waals surface area contributed by atoms with Crippen molar-refractivity contribution in [3.63, 3.8) is 0 Å². The summed E-state index contributed by atoms with van der Waals surface area (Å²) in [7, 11) is 0. The largest absolute Gasteiger partial charge is 0.441 e. The maximum atomic E-state index is 10.5. The Balaban J connectivity index is 1.27. The van der Waals surface area contributed by atoms with Crippen molar-refractivity contribution in [2.75, 3.05) is 26.2 Å². The second-order valence-corrected chi connectivity index (χ2v) is 10.8. The van der Waals surface area contributed by atoms with Gasteiger partial charge in [0.25, 0.3) is 0 Å². The Morgan fingerprint density at radius 1 is 1.15 bits per heavy atom. The molecule has 1 saturated heterocycles. The van der Waals surface area contributed by atoms with Gasteiger partial charge in [0.15, 0.2) is 0 Å². The van der Waals surface area contributed by atoms with E-state index in [0.717, 1.165) is 47.8 Å². The van der Waals surface area contributed by atoms with Gasteiger partial charge in [0.2, 0.25) is 5.89 Å². The summed E-state index contributed by atoms with van der Waals surface area (Å²) in [5.41, 5.74) is 4.38. The highest BCUT2D eigenvalue weighted by molar-refractivity contribution is 7.99. The lowest BCUT2D eigenvalue weighted by molar-refractivity contribution is 0.133. The quantitative estimate of drug-likeness (QED) is 0.355. The number of hydrogen-bond acceptors (Lipinski definition) is 6. The van der Waals surface area contributed by atoms with E-state index in [-0.39, 0.29) is 0 Å². The second kappa shape index (κ2) is 12.2. The Bertz CT molecular complexity index is 901. The van der Waals surface area contributed by atoms with Gasteiger partial charge in [-0.2, -0.15) is 11.8 Å². The molecular weight excluding hydrogens is 430 g/mol. The van der Waals surface area contributed by atoms with Gasteiger partial charge < -0.3 is 14.4 Å². The van der Waals surface area contributed by atoms with E-state index in [0.29, 0.717) is 11.1 Å². The van der Waals surface area contributed by atoms with Crippen LogP contribution in [0.15, 0.2) is 40.3 Å². The second-order valence-electron chi connectivity index (χ2n) is 9.51. The Morgan fingerprint density at radius 2 is 1.91 bits per heavy atom. The first kappa shape index (κ1) is 24.5. The molecule has 6 heteroatoms. The fourth-order valence-corrected chi connectivity index (χ4v) is 5.80. The van der Waals surface area contributed by atoms with Crippen molar-refractivity contribution in [1.82, 2.24) is 15.2 Å². The fraction of sp³-hybridized carbons (Fsp3) is 0.593. The molecule has 2 N–H and O–H groups in total. The third-order valence-corrected chi connectivity index (χ3v) is 8.22. The normalized spacial score (nSPS) is 20.9. The van der Waals surface area contributed by atoms with Gasteiger partial charge >= 0.3 is 0 Å². The van der Waals surface area contributed by atoms with Crippen LogP contribution in [0.1, 0.15) is 75.1 Å². The van der Waals surface area contributed by atoms with Gasteiger partial charge in [-0.15, -0.1) is 0 Å². The van der Waals surface area contributed by atoms with Gasteiger partial charge in [0, 0.05) is 29.7 Å². The van der Waals surface area contributed by atoms with Crippen LogP contribution in [0.4, 0.5) is 0 Å². The summed E-state index contributed by atoms with van der Waals surface area (Å²) in [6.07, 6.45) is 10.6. The van der Waals surface area contributed by atoms with Gasteiger partial charge in [0.1, 0.15) is 12.0 Å². The summed E-state index contributed by atoms with van der Waals surface area (Å²) >= 11 is 1.99. The first-order valence-electron chi connectivity index (χ1n) is 12.6. The number of likely N-dealkylation sites (tertiary alicyclic amines) is 1. The number of nitrogens with one attached hydrogen (secondary N) is 1. The van der Waals surface area contributed by atoms with Crippen LogP contribution in [0.3, 0.4) is 0 Å². The number of aliphatic hydroxyl groups excluding tert-OH is 1. The highest BCUT2D eigenvalue weighted by atomic mass is 32.2. The topological polar surface area (TPSA) is 61.5 Å². The van der Waals surface area contributed by atoms with E-state index < -0.39 is 6.23 Å². The molecule has 1 aromatic carbocycles. The zero-order valence-electron chi connectivity index (χ0n) is 20.2. The van der Waals surface area contributed by atoms with Crippen molar-refractivity contribution in [2.45, 2.75) is 76.0 Å². The number of oxazole rings is 1. The van der Waals surface area contributed by atoms with Crippen LogP contribution in [-0.2, 0) is 5.75 Å². The van der Waals surface area contributed by atoms with Crippen molar-refractivity contribution in [1.29, 1.82) is 0 Å². The highest BCUT2D eigenvalue weighted by Gasteiger charge is 2.17. The highest BCUT2D eigenvalue weighted by Crippen LogP contribution is 2.32. The average Bonchev–Trinajstić information content (AvgIpc) is 3.02. The lowest BCUT2D eigenvalue weighted by Gasteiger charge is -2.21. The van der Waals surface area contributed by atoms with Crippen molar-refractivity contribution in [2.24, 2.45) is 0 Å². The summed E-state index contributed by atoms with van der Waals surface area (Å²) < 4.78 is 5.98. The predicted molar refractivity (Wildman–Crippen MR) is 137 cm³/mol. The number of rotatable bonds is 9. The van der Waals surface area contributed by atoms with Crippen molar-refractivity contribution in [3.05, 3.63) is 52.9 Å². The van der Waals surface area contributed by atoms with Crippen molar-refractivity contribution in [3.8, 4) is 11.5 Å². The minimum absolute atomic E-state index is 0.655. The van der Waals surface area contributed by atoms with E-state index in [2.05, 4.69) is 23.2 Å². The van der Waals surface area contributed by atoms with Crippen LogP contribution < -0.4 is 5.32 Å². The lowest BCUT2D eigenvalue weighted by atomic mass is 10.0. The van der Waals surface area contributed by atoms with Gasteiger partial charge in [-0.25, -0.2) is 4.98 Å². The Labute approximate surface area is 203 Å². The van der Waals surface area contributed by atoms with Crippen molar-refractivity contribution < 1.29 is 9.52 Å². The maximum absolute atomic E-state index is 10.5. The molecular formula is C27H39N3O2S. The SMILES string of the molecule is CC1=CCC(SCc2nc(-c3ccc(C(O)NCCN4CCCCCC4)cc3)oc2C)CC1. The average molecular weight is 470 g/mol. The van der Waals surface area contributed by atoms with Crippen LogP contribution >= 0.6 is 11.8 Å². The van der Waals surface area contributed by atoms with E-state index in [1.807, 2.05) is 43.0 Å². The predicted octanol–water partition coefficient (Wildman–Crippen LogP) is 5.84. The van der Waals surface area contributed by atoms with E-state index in [9.17, 15) is 5.11 Å². The zero-order chi connectivity index (χ0) is 23.0. The number of benzene rings is 1. The Kier molecular flexibility index (Phi) is 9.07. The molecule has 5 nitrogen and oxygen atoms in total. The number of thioether (sulfide) groups is 1. The van der Waals surface area contributed by atoms with Crippen LogP contribution in [-0.4, -0.2) is 46.4 Å². The minimum Gasteiger partial charge on any atom is -0.441 e. The summed E-state index contributed by atoms with van der Waals surface area (Å²) in [5, 5.41) is 14.5. The van der Waals surface area contributed by atoms with E-state index in [1.165, 1.54) is 57.2 Å². The molecule has 33 heavy (non-hydrogen) atoms. The van der Waals surface area contributed by atoms with Gasteiger partial charge in [-0.05, 0) is 76.7 Å². The molecule has 2 atom stereocenters. The first-order chi connectivity index (χ1) is 16.1.